The molecule has 76 valence electrons. The van der Waals surface area contributed by atoms with Gasteiger partial charge in [-0.1, -0.05) is 0 Å². The summed E-state index contributed by atoms with van der Waals surface area (Å²) in [7, 11) is 0. The summed E-state index contributed by atoms with van der Waals surface area (Å²) in [5.74, 6) is 0.930. The minimum absolute atomic E-state index is 0.159. The molecule has 0 bridgehead atoms. The van der Waals surface area contributed by atoms with Crippen molar-refractivity contribution in [3.63, 3.8) is 0 Å². The van der Waals surface area contributed by atoms with Crippen LogP contribution in [-0.4, -0.2) is 18.3 Å². The van der Waals surface area contributed by atoms with E-state index in [1.54, 1.807) is 11.8 Å². The molecule has 0 aromatic heterocycles. The first kappa shape index (κ1) is 9.99. The molecule has 0 aliphatic carbocycles. The topological polar surface area (TPSA) is 12.0 Å². The van der Waals surface area contributed by atoms with Gasteiger partial charge in [0.2, 0.25) is 0 Å². The summed E-state index contributed by atoms with van der Waals surface area (Å²) >= 11 is 1.80. The van der Waals surface area contributed by atoms with Crippen molar-refractivity contribution in [2.75, 3.05) is 12.3 Å². The zero-order chi connectivity index (χ0) is 9.80. The second-order valence-electron chi connectivity index (χ2n) is 3.56. The van der Waals surface area contributed by atoms with Gasteiger partial charge >= 0.3 is 0 Å². The average Bonchev–Trinajstić information content (AvgIpc) is 2.70. The summed E-state index contributed by atoms with van der Waals surface area (Å²) in [6, 6.07) is 7.36. The summed E-state index contributed by atoms with van der Waals surface area (Å²) < 4.78 is 12.6. The van der Waals surface area contributed by atoms with Crippen LogP contribution in [0.5, 0.6) is 0 Å². The van der Waals surface area contributed by atoms with Crippen LogP contribution in [0.25, 0.3) is 0 Å². The fourth-order valence-electron chi connectivity index (χ4n) is 1.63. The van der Waals surface area contributed by atoms with E-state index < -0.39 is 0 Å². The molecule has 1 atom stereocenters. The molecule has 1 nitrogen and oxygen atoms in total. The van der Waals surface area contributed by atoms with E-state index in [0.717, 1.165) is 17.2 Å². The van der Waals surface area contributed by atoms with Crippen molar-refractivity contribution in [3.05, 3.63) is 30.1 Å². The third kappa shape index (κ3) is 2.72. The Hall–Kier alpha value is -0.540. The Morgan fingerprint density at radius 1 is 1.36 bits per heavy atom. The third-order valence-electron chi connectivity index (χ3n) is 2.43. The van der Waals surface area contributed by atoms with Crippen molar-refractivity contribution >= 4 is 11.8 Å². The van der Waals surface area contributed by atoms with Gasteiger partial charge in [0, 0.05) is 16.7 Å². The number of hydrogen-bond acceptors (Lipinski definition) is 2. The molecule has 0 radical (unpaired) electrons. The van der Waals surface area contributed by atoms with Crippen LogP contribution in [0.15, 0.2) is 29.2 Å². The predicted octanol–water partition coefficient (Wildman–Crippen LogP) is 2.67. The first-order valence-electron chi connectivity index (χ1n) is 4.96. The SMILES string of the molecule is Fc1ccc(SC[C@@H]2CCCN2)cc1. The molecular weight excluding hydrogens is 197 g/mol. The molecule has 2 rings (SSSR count). The first-order valence-corrected chi connectivity index (χ1v) is 5.95. The Morgan fingerprint density at radius 2 is 2.14 bits per heavy atom. The van der Waals surface area contributed by atoms with Crippen molar-refractivity contribution in [1.29, 1.82) is 0 Å². The van der Waals surface area contributed by atoms with Gasteiger partial charge in [-0.2, -0.15) is 0 Å². The van der Waals surface area contributed by atoms with Crippen molar-refractivity contribution in [1.82, 2.24) is 5.32 Å². The van der Waals surface area contributed by atoms with Gasteiger partial charge < -0.3 is 5.32 Å². The van der Waals surface area contributed by atoms with Crippen LogP contribution in [0, 0.1) is 5.82 Å². The Balaban J connectivity index is 1.82. The van der Waals surface area contributed by atoms with Crippen molar-refractivity contribution in [3.8, 4) is 0 Å². The lowest BCUT2D eigenvalue weighted by atomic mass is 10.3. The number of rotatable bonds is 3. The van der Waals surface area contributed by atoms with Crippen LogP contribution < -0.4 is 5.32 Å². The second kappa shape index (κ2) is 4.80. The van der Waals surface area contributed by atoms with Crippen LogP contribution in [0.2, 0.25) is 0 Å². The summed E-state index contributed by atoms with van der Waals surface area (Å²) in [6.45, 7) is 1.15. The summed E-state index contributed by atoms with van der Waals surface area (Å²) in [6.07, 6.45) is 2.56. The van der Waals surface area contributed by atoms with Gasteiger partial charge in [0.15, 0.2) is 0 Å². The minimum atomic E-state index is -0.159. The first-order chi connectivity index (χ1) is 6.84. The van der Waals surface area contributed by atoms with Crippen LogP contribution >= 0.6 is 11.8 Å². The fraction of sp³-hybridized carbons (Fsp3) is 0.455. The number of halogens is 1. The third-order valence-corrected chi connectivity index (χ3v) is 3.60. The lowest BCUT2D eigenvalue weighted by Crippen LogP contribution is -2.23. The normalized spacial score (nSPS) is 21.4. The van der Waals surface area contributed by atoms with Crippen molar-refractivity contribution < 1.29 is 4.39 Å². The van der Waals surface area contributed by atoms with Gasteiger partial charge in [0.1, 0.15) is 5.82 Å². The van der Waals surface area contributed by atoms with E-state index in [1.807, 2.05) is 12.1 Å². The zero-order valence-electron chi connectivity index (χ0n) is 8.00. The van der Waals surface area contributed by atoms with E-state index in [4.69, 9.17) is 0 Å². The highest BCUT2D eigenvalue weighted by Crippen LogP contribution is 2.21. The lowest BCUT2D eigenvalue weighted by Gasteiger charge is -2.08. The van der Waals surface area contributed by atoms with Crippen LogP contribution in [-0.2, 0) is 0 Å². The second-order valence-corrected chi connectivity index (χ2v) is 4.65. The van der Waals surface area contributed by atoms with E-state index in [2.05, 4.69) is 5.32 Å². The quantitative estimate of drug-likeness (QED) is 0.771. The van der Waals surface area contributed by atoms with Crippen LogP contribution in [0.1, 0.15) is 12.8 Å². The monoisotopic (exact) mass is 211 g/mol. The molecule has 14 heavy (non-hydrogen) atoms. The molecule has 1 N–H and O–H groups in total. The molecule has 1 heterocycles. The minimum Gasteiger partial charge on any atom is -0.313 e. The highest BCUT2D eigenvalue weighted by molar-refractivity contribution is 7.99. The number of nitrogens with one attached hydrogen (secondary N) is 1. The molecule has 0 saturated carbocycles. The highest BCUT2D eigenvalue weighted by Gasteiger charge is 2.13. The number of thioether (sulfide) groups is 1. The molecule has 0 spiro atoms. The molecule has 0 unspecified atom stereocenters. The summed E-state index contributed by atoms with van der Waals surface area (Å²) in [5.41, 5.74) is 0. The molecule has 1 aliphatic heterocycles. The molecule has 1 aromatic carbocycles. The Morgan fingerprint density at radius 3 is 2.79 bits per heavy atom. The molecule has 0 amide bonds. The largest absolute Gasteiger partial charge is 0.313 e. The highest BCUT2D eigenvalue weighted by atomic mass is 32.2. The maximum absolute atomic E-state index is 12.6. The van der Waals surface area contributed by atoms with Gasteiger partial charge in [0.25, 0.3) is 0 Å². The number of benzene rings is 1. The van der Waals surface area contributed by atoms with Gasteiger partial charge in [-0.05, 0) is 43.7 Å². The molecule has 1 aromatic rings. The predicted molar refractivity (Wildman–Crippen MR) is 58.1 cm³/mol. The Kier molecular flexibility index (Phi) is 3.43. The summed E-state index contributed by atoms with van der Waals surface area (Å²) in [4.78, 5) is 1.15. The van der Waals surface area contributed by atoms with Crippen LogP contribution in [0.3, 0.4) is 0 Å². The average molecular weight is 211 g/mol. The number of hydrogen-bond donors (Lipinski definition) is 1. The lowest BCUT2D eigenvalue weighted by molar-refractivity contribution is 0.626. The van der Waals surface area contributed by atoms with Gasteiger partial charge in [0.05, 0.1) is 0 Å². The maximum atomic E-state index is 12.6. The molecule has 1 saturated heterocycles. The van der Waals surface area contributed by atoms with Crippen LogP contribution in [0.4, 0.5) is 4.39 Å². The molecular formula is C11H14FNS. The Bertz CT molecular complexity index is 280. The molecule has 1 fully saturated rings. The van der Waals surface area contributed by atoms with Crippen molar-refractivity contribution in [2.24, 2.45) is 0 Å². The van der Waals surface area contributed by atoms with Gasteiger partial charge in [-0.3, -0.25) is 0 Å². The van der Waals surface area contributed by atoms with E-state index in [9.17, 15) is 4.39 Å². The zero-order valence-corrected chi connectivity index (χ0v) is 8.82. The standard InChI is InChI=1S/C11H14FNS/c12-9-3-5-11(6-4-9)14-8-10-2-1-7-13-10/h3-6,10,13H,1-2,7-8H2/t10-/m0/s1. The molecule has 3 heteroatoms. The summed E-state index contributed by atoms with van der Waals surface area (Å²) in [5, 5.41) is 3.44. The van der Waals surface area contributed by atoms with E-state index in [0.29, 0.717) is 6.04 Å². The van der Waals surface area contributed by atoms with Gasteiger partial charge in [-0.25, -0.2) is 4.39 Å². The maximum Gasteiger partial charge on any atom is 0.123 e. The van der Waals surface area contributed by atoms with Gasteiger partial charge in [-0.15, -0.1) is 11.8 Å². The Labute approximate surface area is 88.1 Å². The van der Waals surface area contributed by atoms with E-state index >= 15 is 0 Å². The fourth-order valence-corrected chi connectivity index (χ4v) is 2.63. The van der Waals surface area contributed by atoms with E-state index in [1.165, 1.54) is 25.0 Å². The smallest absolute Gasteiger partial charge is 0.123 e. The van der Waals surface area contributed by atoms with Crippen molar-refractivity contribution in [2.45, 2.75) is 23.8 Å². The molecule has 1 aliphatic rings. The van der Waals surface area contributed by atoms with E-state index in [-0.39, 0.29) is 5.82 Å².